The zero-order chi connectivity index (χ0) is 21.2. The summed E-state index contributed by atoms with van der Waals surface area (Å²) in [5, 5.41) is 13.4. The second-order valence-corrected chi connectivity index (χ2v) is 7.74. The Kier molecular flexibility index (Phi) is 6.39. The van der Waals surface area contributed by atoms with Gasteiger partial charge < -0.3 is 14.9 Å². The number of benzene rings is 1. The van der Waals surface area contributed by atoms with Crippen molar-refractivity contribution in [3.8, 4) is 0 Å². The fraction of sp³-hybridized carbons (Fsp3) is 0.591. The zero-order valence-corrected chi connectivity index (χ0v) is 17.5. The van der Waals surface area contributed by atoms with Crippen molar-refractivity contribution in [1.82, 2.24) is 15.1 Å². The molecule has 7 heteroatoms. The molecule has 2 N–H and O–H groups in total. The molecule has 0 aromatic heterocycles. The highest BCUT2D eigenvalue weighted by molar-refractivity contribution is 6.05. The van der Waals surface area contributed by atoms with Crippen LogP contribution >= 0.6 is 0 Å². The fourth-order valence-electron chi connectivity index (χ4n) is 4.39. The van der Waals surface area contributed by atoms with Crippen molar-refractivity contribution in [2.45, 2.75) is 64.6 Å². The highest BCUT2D eigenvalue weighted by Crippen LogP contribution is 2.36. The number of carbonyl (C=O) groups excluding carboxylic acids is 3. The summed E-state index contributed by atoms with van der Waals surface area (Å²) in [4.78, 5) is 40.1. The molecule has 7 nitrogen and oxygen atoms in total. The Balaban J connectivity index is 0.00000117. The van der Waals surface area contributed by atoms with E-state index >= 15 is 0 Å². The summed E-state index contributed by atoms with van der Waals surface area (Å²) in [6.45, 7) is 9.15. The predicted molar refractivity (Wildman–Crippen MR) is 109 cm³/mol. The SMILES string of the molecule is CC.CCN1CCC(O)(c2ccc3c(c2)CN(C2CCC(=O)NC2=O)C3=O)CC1. The Bertz CT molecular complexity index is 799. The Morgan fingerprint density at radius 1 is 1.17 bits per heavy atom. The summed E-state index contributed by atoms with van der Waals surface area (Å²) < 4.78 is 0. The van der Waals surface area contributed by atoms with Crippen molar-refractivity contribution in [2.75, 3.05) is 19.6 Å². The number of fused-ring (bicyclic) bond motifs is 1. The van der Waals surface area contributed by atoms with Gasteiger partial charge in [-0.15, -0.1) is 0 Å². The molecule has 3 amide bonds. The monoisotopic (exact) mass is 401 g/mol. The molecule has 0 saturated carbocycles. The first-order chi connectivity index (χ1) is 13.9. The molecule has 1 aromatic carbocycles. The molecule has 158 valence electrons. The number of nitrogens with zero attached hydrogens (tertiary/aromatic N) is 2. The van der Waals surface area contributed by atoms with E-state index in [1.165, 1.54) is 0 Å². The van der Waals surface area contributed by atoms with Gasteiger partial charge in [-0.05, 0) is 43.0 Å². The number of hydrogen-bond acceptors (Lipinski definition) is 5. The van der Waals surface area contributed by atoms with E-state index in [9.17, 15) is 19.5 Å². The predicted octanol–water partition coefficient (Wildman–Crippen LogP) is 1.78. The third kappa shape index (κ3) is 4.07. The van der Waals surface area contributed by atoms with Gasteiger partial charge in [0.15, 0.2) is 0 Å². The lowest BCUT2D eigenvalue weighted by atomic mass is 9.83. The summed E-state index contributed by atoms with van der Waals surface area (Å²) in [5.41, 5.74) is 1.40. The van der Waals surface area contributed by atoms with E-state index in [1.807, 2.05) is 26.0 Å². The van der Waals surface area contributed by atoms with Crippen molar-refractivity contribution < 1.29 is 19.5 Å². The Labute approximate surface area is 172 Å². The molecule has 1 atom stereocenters. The number of rotatable bonds is 3. The average Bonchev–Trinajstić information content (AvgIpc) is 3.06. The molecule has 4 rings (SSSR count). The smallest absolute Gasteiger partial charge is 0.255 e. The first kappa shape index (κ1) is 21.5. The number of aliphatic hydroxyl groups is 1. The molecule has 1 aromatic rings. The largest absolute Gasteiger partial charge is 0.385 e. The van der Waals surface area contributed by atoms with Crippen molar-refractivity contribution in [2.24, 2.45) is 0 Å². The van der Waals surface area contributed by atoms with E-state index in [0.29, 0.717) is 31.4 Å². The topological polar surface area (TPSA) is 89.9 Å². The maximum Gasteiger partial charge on any atom is 0.255 e. The van der Waals surface area contributed by atoms with Gasteiger partial charge in [0.05, 0.1) is 5.60 Å². The lowest BCUT2D eigenvalue weighted by Crippen LogP contribution is -2.52. The van der Waals surface area contributed by atoms with Gasteiger partial charge in [0.1, 0.15) is 6.04 Å². The summed E-state index contributed by atoms with van der Waals surface area (Å²) in [5.74, 6) is -0.875. The highest BCUT2D eigenvalue weighted by atomic mass is 16.3. The van der Waals surface area contributed by atoms with Gasteiger partial charge in [-0.1, -0.05) is 32.9 Å². The summed E-state index contributed by atoms with van der Waals surface area (Å²) >= 11 is 0. The second kappa shape index (κ2) is 8.63. The van der Waals surface area contributed by atoms with Crippen LogP contribution < -0.4 is 5.32 Å². The van der Waals surface area contributed by atoms with Gasteiger partial charge in [0.2, 0.25) is 11.8 Å². The minimum atomic E-state index is -0.869. The van der Waals surface area contributed by atoms with Gasteiger partial charge in [-0.2, -0.15) is 0 Å². The van der Waals surface area contributed by atoms with E-state index < -0.39 is 17.6 Å². The van der Waals surface area contributed by atoms with Crippen molar-refractivity contribution in [1.29, 1.82) is 0 Å². The Hall–Kier alpha value is -2.25. The molecule has 0 spiro atoms. The molecule has 0 bridgehead atoms. The molecule has 2 saturated heterocycles. The minimum absolute atomic E-state index is 0.182. The van der Waals surface area contributed by atoms with Crippen LogP contribution in [0.25, 0.3) is 0 Å². The normalized spacial score (nSPS) is 23.9. The molecule has 0 radical (unpaired) electrons. The second-order valence-electron chi connectivity index (χ2n) is 7.74. The summed E-state index contributed by atoms with van der Waals surface area (Å²) in [6, 6.07) is 4.91. The van der Waals surface area contributed by atoms with Gasteiger partial charge in [-0.25, -0.2) is 0 Å². The minimum Gasteiger partial charge on any atom is -0.385 e. The number of nitrogens with one attached hydrogen (secondary N) is 1. The maximum absolute atomic E-state index is 12.8. The van der Waals surface area contributed by atoms with Crippen LogP contribution in [-0.2, 0) is 21.7 Å². The van der Waals surface area contributed by atoms with E-state index in [2.05, 4.69) is 17.1 Å². The summed E-state index contributed by atoms with van der Waals surface area (Å²) in [6.07, 6.45) is 1.94. The Morgan fingerprint density at radius 2 is 1.86 bits per heavy atom. The lowest BCUT2D eigenvalue weighted by Gasteiger charge is -2.38. The molecule has 2 fully saturated rings. The molecular formula is C22H31N3O4. The lowest BCUT2D eigenvalue weighted by molar-refractivity contribution is -0.136. The number of imide groups is 1. The van der Waals surface area contributed by atoms with Crippen molar-refractivity contribution in [3.63, 3.8) is 0 Å². The van der Waals surface area contributed by atoms with Crippen LogP contribution in [0.15, 0.2) is 18.2 Å². The summed E-state index contributed by atoms with van der Waals surface area (Å²) in [7, 11) is 0. The van der Waals surface area contributed by atoms with E-state index in [1.54, 1.807) is 11.0 Å². The van der Waals surface area contributed by atoms with Crippen LogP contribution in [0.4, 0.5) is 0 Å². The molecule has 3 heterocycles. The van der Waals surface area contributed by atoms with Gasteiger partial charge in [0, 0.05) is 31.6 Å². The molecule has 1 unspecified atom stereocenters. The highest BCUT2D eigenvalue weighted by Gasteiger charge is 2.40. The maximum atomic E-state index is 12.8. The van der Waals surface area contributed by atoms with E-state index in [0.717, 1.165) is 30.8 Å². The van der Waals surface area contributed by atoms with Crippen molar-refractivity contribution >= 4 is 17.7 Å². The first-order valence-corrected chi connectivity index (χ1v) is 10.6. The van der Waals surface area contributed by atoms with Crippen LogP contribution in [0.1, 0.15) is 67.9 Å². The first-order valence-electron chi connectivity index (χ1n) is 10.6. The molecular weight excluding hydrogens is 370 g/mol. The number of piperidine rings is 2. The van der Waals surface area contributed by atoms with Crippen LogP contribution in [0.2, 0.25) is 0 Å². The number of amides is 3. The molecule has 3 aliphatic heterocycles. The van der Waals surface area contributed by atoms with Crippen LogP contribution in [-0.4, -0.2) is 58.3 Å². The number of hydrogen-bond donors (Lipinski definition) is 2. The molecule has 3 aliphatic rings. The standard InChI is InChI=1S/C20H25N3O4.C2H6/c1-2-22-9-7-20(27,8-10-22)14-3-4-15-13(11-14)12-23(19(15)26)16-5-6-17(24)21-18(16)25;1-2/h3-4,11,16,27H,2,5-10,12H2,1H3,(H,21,24,25);1-2H3. The Morgan fingerprint density at radius 3 is 2.48 bits per heavy atom. The van der Waals surface area contributed by atoms with E-state index in [-0.39, 0.29) is 18.2 Å². The van der Waals surface area contributed by atoms with Gasteiger partial charge >= 0.3 is 0 Å². The molecule has 29 heavy (non-hydrogen) atoms. The molecule has 0 aliphatic carbocycles. The number of carbonyl (C=O) groups is 3. The quantitative estimate of drug-likeness (QED) is 0.754. The van der Waals surface area contributed by atoms with Crippen LogP contribution in [0.5, 0.6) is 0 Å². The third-order valence-electron chi connectivity index (χ3n) is 6.19. The average molecular weight is 402 g/mol. The fourth-order valence-corrected chi connectivity index (χ4v) is 4.39. The van der Waals surface area contributed by atoms with Crippen LogP contribution in [0.3, 0.4) is 0 Å². The van der Waals surface area contributed by atoms with Crippen LogP contribution in [0, 0.1) is 0 Å². The van der Waals surface area contributed by atoms with Gasteiger partial charge in [-0.3, -0.25) is 19.7 Å². The number of likely N-dealkylation sites (tertiary alicyclic amines) is 1. The van der Waals surface area contributed by atoms with Gasteiger partial charge in [0.25, 0.3) is 5.91 Å². The van der Waals surface area contributed by atoms with Crippen molar-refractivity contribution in [3.05, 3.63) is 34.9 Å². The van der Waals surface area contributed by atoms with E-state index in [4.69, 9.17) is 0 Å². The zero-order valence-electron chi connectivity index (χ0n) is 17.5. The third-order valence-corrected chi connectivity index (χ3v) is 6.19.